The standard InChI is InChI=1S/C21H14Br2O3/c22-16-8-6-14(7-9-16)19(21(24)25)20(15-4-2-1-3-5-15)26-18-12-10-17(23)11-13-18/h1-13H,(H,24,25)/b20-19+. The zero-order valence-corrected chi connectivity index (χ0v) is 16.7. The van der Waals surface area contributed by atoms with Gasteiger partial charge in [0.1, 0.15) is 17.1 Å². The summed E-state index contributed by atoms with van der Waals surface area (Å²) >= 11 is 6.76. The molecule has 3 aromatic rings. The van der Waals surface area contributed by atoms with E-state index in [0.29, 0.717) is 22.6 Å². The van der Waals surface area contributed by atoms with Crippen molar-refractivity contribution in [3.63, 3.8) is 0 Å². The highest BCUT2D eigenvalue weighted by molar-refractivity contribution is 9.10. The van der Waals surface area contributed by atoms with Crippen LogP contribution in [-0.4, -0.2) is 11.1 Å². The van der Waals surface area contributed by atoms with E-state index in [1.54, 1.807) is 36.4 Å². The fraction of sp³-hybridized carbons (Fsp3) is 0. The van der Waals surface area contributed by atoms with Crippen molar-refractivity contribution in [3.05, 3.63) is 98.9 Å². The second kappa shape index (κ2) is 8.34. The zero-order valence-electron chi connectivity index (χ0n) is 13.5. The molecule has 0 aromatic heterocycles. The average molecular weight is 474 g/mol. The first kappa shape index (κ1) is 18.4. The van der Waals surface area contributed by atoms with Crippen LogP contribution in [0.15, 0.2) is 87.8 Å². The molecule has 3 rings (SSSR count). The molecule has 0 aliphatic rings. The van der Waals surface area contributed by atoms with Crippen LogP contribution in [0.25, 0.3) is 11.3 Å². The van der Waals surface area contributed by atoms with E-state index in [0.717, 1.165) is 8.95 Å². The van der Waals surface area contributed by atoms with Gasteiger partial charge >= 0.3 is 5.97 Å². The van der Waals surface area contributed by atoms with Gasteiger partial charge in [0, 0.05) is 14.5 Å². The van der Waals surface area contributed by atoms with Crippen LogP contribution < -0.4 is 4.74 Å². The van der Waals surface area contributed by atoms with E-state index in [2.05, 4.69) is 31.9 Å². The minimum atomic E-state index is -1.05. The minimum Gasteiger partial charge on any atom is -0.478 e. The smallest absolute Gasteiger partial charge is 0.340 e. The fourth-order valence-corrected chi connectivity index (χ4v) is 2.96. The highest BCUT2D eigenvalue weighted by atomic mass is 79.9. The van der Waals surface area contributed by atoms with E-state index in [1.165, 1.54) is 0 Å². The molecule has 0 saturated carbocycles. The molecule has 26 heavy (non-hydrogen) atoms. The molecule has 0 aliphatic carbocycles. The summed E-state index contributed by atoms with van der Waals surface area (Å²) in [6, 6.07) is 23.6. The maximum atomic E-state index is 12.1. The number of halogens is 2. The molecular formula is C21H14Br2O3. The molecule has 1 N–H and O–H groups in total. The van der Waals surface area contributed by atoms with Crippen LogP contribution in [0.2, 0.25) is 0 Å². The Kier molecular flexibility index (Phi) is 5.91. The maximum absolute atomic E-state index is 12.1. The minimum absolute atomic E-state index is 0.103. The van der Waals surface area contributed by atoms with E-state index in [1.807, 2.05) is 42.5 Å². The largest absolute Gasteiger partial charge is 0.478 e. The van der Waals surface area contributed by atoms with Crippen molar-refractivity contribution < 1.29 is 14.6 Å². The summed E-state index contributed by atoms with van der Waals surface area (Å²) < 4.78 is 7.82. The number of carboxylic acid groups (broad SMARTS) is 1. The Morgan fingerprint density at radius 2 is 1.27 bits per heavy atom. The Bertz CT molecular complexity index is 931. The molecule has 5 heteroatoms. The first-order chi connectivity index (χ1) is 12.5. The third-order valence-corrected chi connectivity index (χ3v) is 4.70. The monoisotopic (exact) mass is 472 g/mol. The number of ether oxygens (including phenoxy) is 1. The third-order valence-electron chi connectivity index (χ3n) is 3.64. The van der Waals surface area contributed by atoms with Crippen molar-refractivity contribution >= 4 is 49.2 Å². The van der Waals surface area contributed by atoms with Gasteiger partial charge in [0.05, 0.1) is 0 Å². The molecule has 0 saturated heterocycles. The van der Waals surface area contributed by atoms with Crippen LogP contribution in [0.1, 0.15) is 11.1 Å². The van der Waals surface area contributed by atoms with Gasteiger partial charge in [-0.25, -0.2) is 4.79 Å². The first-order valence-corrected chi connectivity index (χ1v) is 9.35. The fourth-order valence-electron chi connectivity index (χ4n) is 2.43. The van der Waals surface area contributed by atoms with Crippen LogP contribution in [0.5, 0.6) is 5.75 Å². The molecule has 3 nitrogen and oxygen atoms in total. The van der Waals surface area contributed by atoms with Gasteiger partial charge in [-0.3, -0.25) is 0 Å². The van der Waals surface area contributed by atoms with Crippen molar-refractivity contribution in [2.45, 2.75) is 0 Å². The Morgan fingerprint density at radius 3 is 1.81 bits per heavy atom. The second-order valence-electron chi connectivity index (χ2n) is 5.44. The van der Waals surface area contributed by atoms with Crippen LogP contribution in [0, 0.1) is 0 Å². The average Bonchev–Trinajstić information content (AvgIpc) is 2.65. The van der Waals surface area contributed by atoms with Gasteiger partial charge in [-0.15, -0.1) is 0 Å². The number of hydrogen-bond donors (Lipinski definition) is 1. The molecule has 0 spiro atoms. The molecular weight excluding hydrogens is 460 g/mol. The summed E-state index contributed by atoms with van der Waals surface area (Å²) in [4.78, 5) is 12.1. The normalized spacial score (nSPS) is 11.6. The lowest BCUT2D eigenvalue weighted by molar-refractivity contribution is -0.130. The SMILES string of the molecule is O=C(O)/C(=C(/Oc1ccc(Br)cc1)c1ccccc1)c1ccc(Br)cc1. The molecule has 3 aromatic carbocycles. The Hall–Kier alpha value is -2.37. The summed E-state index contributed by atoms with van der Waals surface area (Å²) in [6.07, 6.45) is 0. The highest BCUT2D eigenvalue weighted by Crippen LogP contribution is 2.31. The number of carboxylic acids is 1. The van der Waals surface area contributed by atoms with E-state index < -0.39 is 5.97 Å². The number of benzene rings is 3. The molecule has 0 fully saturated rings. The summed E-state index contributed by atoms with van der Waals surface area (Å²) in [5.41, 5.74) is 1.36. The Balaban J connectivity index is 2.18. The number of rotatable bonds is 5. The van der Waals surface area contributed by atoms with Crippen LogP contribution in [0.3, 0.4) is 0 Å². The van der Waals surface area contributed by atoms with Gasteiger partial charge in [0.2, 0.25) is 0 Å². The topological polar surface area (TPSA) is 46.5 Å². The van der Waals surface area contributed by atoms with Gasteiger partial charge in [-0.05, 0) is 42.0 Å². The van der Waals surface area contributed by atoms with E-state index >= 15 is 0 Å². The summed E-state index contributed by atoms with van der Waals surface area (Å²) in [5, 5.41) is 9.89. The van der Waals surface area contributed by atoms with Gasteiger partial charge < -0.3 is 9.84 Å². The van der Waals surface area contributed by atoms with Gasteiger partial charge in [0.15, 0.2) is 0 Å². The molecule has 0 aliphatic heterocycles. The lowest BCUT2D eigenvalue weighted by atomic mass is 10.0. The van der Waals surface area contributed by atoms with Crippen molar-refractivity contribution in [2.24, 2.45) is 0 Å². The van der Waals surface area contributed by atoms with Crippen LogP contribution >= 0.6 is 31.9 Å². The maximum Gasteiger partial charge on any atom is 0.340 e. The molecule has 0 atom stereocenters. The van der Waals surface area contributed by atoms with Crippen molar-refractivity contribution in [2.75, 3.05) is 0 Å². The van der Waals surface area contributed by atoms with Crippen molar-refractivity contribution in [1.82, 2.24) is 0 Å². The second-order valence-corrected chi connectivity index (χ2v) is 7.27. The van der Waals surface area contributed by atoms with Crippen LogP contribution in [-0.2, 0) is 4.79 Å². The molecule has 0 amide bonds. The summed E-state index contributed by atoms with van der Waals surface area (Å²) in [6.45, 7) is 0. The molecule has 0 heterocycles. The number of carbonyl (C=O) groups is 1. The van der Waals surface area contributed by atoms with Gasteiger partial charge in [0.25, 0.3) is 0 Å². The quantitative estimate of drug-likeness (QED) is 0.271. The molecule has 0 bridgehead atoms. The van der Waals surface area contributed by atoms with Gasteiger partial charge in [-0.1, -0.05) is 74.3 Å². The van der Waals surface area contributed by atoms with Crippen LogP contribution in [0.4, 0.5) is 0 Å². The molecule has 130 valence electrons. The Morgan fingerprint density at radius 1 is 0.731 bits per heavy atom. The lowest BCUT2D eigenvalue weighted by Crippen LogP contribution is -2.08. The van der Waals surface area contributed by atoms with E-state index in [-0.39, 0.29) is 5.57 Å². The highest BCUT2D eigenvalue weighted by Gasteiger charge is 2.20. The number of hydrogen-bond acceptors (Lipinski definition) is 2. The van der Waals surface area contributed by atoms with E-state index in [4.69, 9.17) is 4.74 Å². The number of aliphatic carboxylic acids is 1. The molecule has 0 unspecified atom stereocenters. The summed E-state index contributed by atoms with van der Waals surface area (Å²) in [5.74, 6) is -0.200. The zero-order chi connectivity index (χ0) is 18.5. The predicted molar refractivity (Wildman–Crippen MR) is 110 cm³/mol. The van der Waals surface area contributed by atoms with E-state index in [9.17, 15) is 9.90 Å². The lowest BCUT2D eigenvalue weighted by Gasteiger charge is -2.15. The van der Waals surface area contributed by atoms with Gasteiger partial charge in [-0.2, -0.15) is 0 Å². The first-order valence-electron chi connectivity index (χ1n) is 7.77. The summed E-state index contributed by atoms with van der Waals surface area (Å²) in [7, 11) is 0. The Labute approximate surface area is 168 Å². The third kappa shape index (κ3) is 4.42. The van der Waals surface area contributed by atoms with Crippen molar-refractivity contribution in [1.29, 1.82) is 0 Å². The molecule has 0 radical (unpaired) electrons. The van der Waals surface area contributed by atoms with Crippen molar-refractivity contribution in [3.8, 4) is 5.75 Å². The predicted octanol–water partition coefficient (Wildman–Crippen LogP) is 6.24.